The summed E-state index contributed by atoms with van der Waals surface area (Å²) in [6.45, 7) is 16.8. The van der Waals surface area contributed by atoms with Gasteiger partial charge < -0.3 is 10.1 Å². The third-order valence-corrected chi connectivity index (χ3v) is 3.06. The lowest BCUT2D eigenvalue weighted by molar-refractivity contribution is 0.196. The highest BCUT2D eigenvalue weighted by molar-refractivity contribution is 5.90. The number of hydrogen-bond donors (Lipinski definition) is 1. The van der Waals surface area contributed by atoms with Gasteiger partial charge in [0.05, 0.1) is 0 Å². The van der Waals surface area contributed by atoms with Crippen molar-refractivity contribution in [3.63, 3.8) is 0 Å². The van der Waals surface area contributed by atoms with Crippen LogP contribution in [0.25, 0.3) is 0 Å². The molecule has 0 aromatic carbocycles. The molecule has 0 bridgehead atoms. The van der Waals surface area contributed by atoms with Crippen molar-refractivity contribution in [1.29, 1.82) is 0 Å². The van der Waals surface area contributed by atoms with Crippen molar-refractivity contribution in [2.45, 2.75) is 60.4 Å². The molecule has 1 rings (SSSR count). The predicted octanol–water partition coefficient (Wildman–Crippen LogP) is 3.76. The van der Waals surface area contributed by atoms with E-state index in [1.807, 2.05) is 0 Å². The summed E-state index contributed by atoms with van der Waals surface area (Å²) in [4.78, 5) is 4.67. The lowest BCUT2D eigenvalue weighted by Crippen LogP contribution is -2.38. The van der Waals surface area contributed by atoms with E-state index in [1.165, 1.54) is 5.71 Å². The number of nitrogens with zero attached hydrogens (tertiary/aromatic N) is 1. The van der Waals surface area contributed by atoms with Crippen LogP contribution < -0.4 is 5.32 Å². The van der Waals surface area contributed by atoms with Crippen molar-refractivity contribution in [2.24, 2.45) is 16.3 Å². The number of allylic oxidation sites excluding steroid dienone is 1. The van der Waals surface area contributed by atoms with E-state index in [1.54, 1.807) is 0 Å². The average Bonchev–Trinajstić information content (AvgIpc) is 2.21. The molecule has 19 heavy (non-hydrogen) atoms. The molecule has 1 heterocycles. The monoisotopic (exact) mass is 266 g/mol. The first-order chi connectivity index (χ1) is 8.58. The molecule has 0 aromatic heterocycles. The number of hydrogen-bond acceptors (Lipinski definition) is 3. The van der Waals surface area contributed by atoms with Gasteiger partial charge in [0.25, 0.3) is 0 Å². The van der Waals surface area contributed by atoms with Gasteiger partial charge in [0.2, 0.25) is 5.88 Å². The first-order valence-corrected chi connectivity index (χ1v) is 7.25. The van der Waals surface area contributed by atoms with Gasteiger partial charge in [-0.3, -0.25) is 0 Å². The van der Waals surface area contributed by atoms with Crippen LogP contribution in [0.5, 0.6) is 0 Å². The second-order valence-corrected chi connectivity index (χ2v) is 7.52. The molecule has 0 aliphatic carbocycles. The molecule has 3 nitrogen and oxygen atoms in total. The molecule has 0 fully saturated rings. The van der Waals surface area contributed by atoms with Crippen LogP contribution in [0.15, 0.2) is 17.0 Å². The van der Waals surface area contributed by atoms with E-state index in [9.17, 15) is 0 Å². The Morgan fingerprint density at radius 2 is 1.89 bits per heavy atom. The fourth-order valence-electron chi connectivity index (χ4n) is 1.96. The van der Waals surface area contributed by atoms with Crippen LogP contribution >= 0.6 is 0 Å². The van der Waals surface area contributed by atoms with Crippen LogP contribution in [0.2, 0.25) is 0 Å². The van der Waals surface area contributed by atoms with Gasteiger partial charge >= 0.3 is 0 Å². The highest BCUT2D eigenvalue weighted by Gasteiger charge is 2.24. The minimum absolute atomic E-state index is 0.126. The number of rotatable bonds is 4. The molecule has 0 saturated carbocycles. The topological polar surface area (TPSA) is 33.6 Å². The fourth-order valence-corrected chi connectivity index (χ4v) is 1.96. The van der Waals surface area contributed by atoms with Crippen LogP contribution in [-0.4, -0.2) is 24.4 Å². The molecular formula is C16H30N2O. The van der Waals surface area contributed by atoms with E-state index >= 15 is 0 Å². The molecule has 0 radical (unpaired) electrons. The molecule has 0 saturated heterocycles. The zero-order chi connectivity index (χ0) is 14.7. The summed E-state index contributed by atoms with van der Waals surface area (Å²) in [6.07, 6.45) is 3.17. The highest BCUT2D eigenvalue weighted by atomic mass is 16.5. The molecule has 1 aliphatic heterocycles. The Balaban J connectivity index is 2.51. The Morgan fingerprint density at radius 3 is 2.42 bits per heavy atom. The SMILES string of the molecule is CC1C=C(OCCNC(C)(C)C)N=C(C(C)(C)C)C1. The zero-order valence-corrected chi connectivity index (χ0v) is 13.6. The van der Waals surface area contributed by atoms with Gasteiger partial charge in [-0.25, -0.2) is 4.99 Å². The summed E-state index contributed by atoms with van der Waals surface area (Å²) < 4.78 is 5.79. The average molecular weight is 266 g/mol. The summed E-state index contributed by atoms with van der Waals surface area (Å²) in [5.41, 5.74) is 1.50. The minimum atomic E-state index is 0.126. The zero-order valence-electron chi connectivity index (χ0n) is 13.6. The third-order valence-electron chi connectivity index (χ3n) is 3.06. The van der Waals surface area contributed by atoms with Gasteiger partial charge in [-0.05, 0) is 39.2 Å². The van der Waals surface area contributed by atoms with E-state index in [2.05, 4.69) is 64.9 Å². The van der Waals surface area contributed by atoms with Gasteiger partial charge in [-0.2, -0.15) is 0 Å². The summed E-state index contributed by atoms with van der Waals surface area (Å²) >= 11 is 0. The maximum Gasteiger partial charge on any atom is 0.209 e. The Kier molecular flexibility index (Phi) is 5.19. The third kappa shape index (κ3) is 6.24. The highest BCUT2D eigenvalue weighted by Crippen LogP contribution is 2.27. The maximum atomic E-state index is 5.79. The maximum absolute atomic E-state index is 5.79. The molecule has 0 aromatic rings. The molecule has 1 aliphatic rings. The van der Waals surface area contributed by atoms with Crippen molar-refractivity contribution in [3.05, 3.63) is 12.0 Å². The Hall–Kier alpha value is -0.830. The second-order valence-electron chi connectivity index (χ2n) is 7.52. The van der Waals surface area contributed by atoms with Crippen LogP contribution in [0, 0.1) is 11.3 Å². The van der Waals surface area contributed by atoms with E-state index in [0.717, 1.165) is 18.8 Å². The summed E-state index contributed by atoms with van der Waals surface area (Å²) in [6, 6.07) is 0. The van der Waals surface area contributed by atoms with Crippen LogP contribution in [0.1, 0.15) is 54.9 Å². The summed E-state index contributed by atoms with van der Waals surface area (Å²) in [7, 11) is 0. The normalized spacial score (nSPS) is 20.9. The lowest BCUT2D eigenvalue weighted by atomic mass is 9.83. The van der Waals surface area contributed by atoms with Gasteiger partial charge in [0.15, 0.2) is 0 Å². The Morgan fingerprint density at radius 1 is 1.26 bits per heavy atom. The number of aliphatic imine (C=N–C) groups is 1. The van der Waals surface area contributed by atoms with Gasteiger partial charge in [0.1, 0.15) is 6.61 Å². The van der Waals surface area contributed by atoms with Crippen molar-refractivity contribution >= 4 is 5.71 Å². The second kappa shape index (κ2) is 6.08. The van der Waals surface area contributed by atoms with Crippen molar-refractivity contribution in [1.82, 2.24) is 5.32 Å². The molecule has 0 spiro atoms. The minimum Gasteiger partial charge on any atom is -0.477 e. The Bertz CT molecular complexity index is 356. The van der Waals surface area contributed by atoms with Gasteiger partial charge in [-0.1, -0.05) is 27.7 Å². The smallest absolute Gasteiger partial charge is 0.209 e. The first-order valence-electron chi connectivity index (χ1n) is 7.25. The molecule has 1 N–H and O–H groups in total. The quantitative estimate of drug-likeness (QED) is 0.786. The van der Waals surface area contributed by atoms with Crippen LogP contribution in [0.4, 0.5) is 0 Å². The largest absolute Gasteiger partial charge is 0.477 e. The number of nitrogens with one attached hydrogen (secondary N) is 1. The van der Waals surface area contributed by atoms with E-state index < -0.39 is 0 Å². The van der Waals surface area contributed by atoms with Crippen LogP contribution in [0.3, 0.4) is 0 Å². The summed E-state index contributed by atoms with van der Waals surface area (Å²) in [5, 5.41) is 3.41. The first kappa shape index (κ1) is 16.2. The van der Waals surface area contributed by atoms with Crippen molar-refractivity contribution < 1.29 is 4.74 Å². The predicted molar refractivity (Wildman–Crippen MR) is 82.5 cm³/mol. The molecule has 3 heteroatoms. The van der Waals surface area contributed by atoms with Crippen LogP contribution in [-0.2, 0) is 4.74 Å². The van der Waals surface area contributed by atoms with E-state index in [-0.39, 0.29) is 11.0 Å². The van der Waals surface area contributed by atoms with Gasteiger partial charge in [0, 0.05) is 23.2 Å². The fraction of sp³-hybridized carbons (Fsp3) is 0.812. The van der Waals surface area contributed by atoms with Gasteiger partial charge in [-0.15, -0.1) is 0 Å². The lowest BCUT2D eigenvalue weighted by Gasteiger charge is -2.27. The van der Waals surface area contributed by atoms with E-state index in [4.69, 9.17) is 4.74 Å². The number of ether oxygens (including phenoxy) is 1. The summed E-state index contributed by atoms with van der Waals surface area (Å²) in [5.74, 6) is 1.30. The molecule has 0 amide bonds. The van der Waals surface area contributed by atoms with Crippen molar-refractivity contribution in [3.8, 4) is 0 Å². The Labute approximate surface area is 118 Å². The van der Waals surface area contributed by atoms with E-state index in [0.29, 0.717) is 12.5 Å². The molecule has 110 valence electrons. The molecule has 1 unspecified atom stereocenters. The molecular weight excluding hydrogens is 236 g/mol. The van der Waals surface area contributed by atoms with Crippen molar-refractivity contribution in [2.75, 3.05) is 13.2 Å². The molecule has 1 atom stereocenters. The standard InChI is InChI=1S/C16H30N2O/c1-12-10-13(15(2,3)4)18-14(11-12)19-9-8-17-16(5,6)7/h11-12,17H,8-10H2,1-7H3.